The molecule has 0 radical (unpaired) electrons. The normalized spacial score (nSPS) is 15.7. The van der Waals surface area contributed by atoms with Crippen LogP contribution >= 0.6 is 0 Å². The van der Waals surface area contributed by atoms with E-state index in [4.69, 9.17) is 9.47 Å². The molecule has 1 aliphatic rings. The van der Waals surface area contributed by atoms with Gasteiger partial charge in [0.25, 0.3) is 5.91 Å². The zero-order valence-electron chi connectivity index (χ0n) is 19.8. The van der Waals surface area contributed by atoms with Gasteiger partial charge in [0.2, 0.25) is 0 Å². The molecule has 8 heteroatoms. The summed E-state index contributed by atoms with van der Waals surface area (Å²) in [6, 6.07) is 15.0. The van der Waals surface area contributed by atoms with E-state index in [-0.39, 0.29) is 25.2 Å². The summed E-state index contributed by atoms with van der Waals surface area (Å²) in [5.74, 6) is -0.762. The van der Waals surface area contributed by atoms with Crippen LogP contribution in [0.15, 0.2) is 65.9 Å². The van der Waals surface area contributed by atoms with Crippen LogP contribution in [-0.4, -0.2) is 49.7 Å². The van der Waals surface area contributed by atoms with Gasteiger partial charge in [-0.15, -0.1) is 0 Å². The van der Waals surface area contributed by atoms with E-state index in [1.54, 1.807) is 60.4 Å². The van der Waals surface area contributed by atoms with Gasteiger partial charge < -0.3 is 20.1 Å². The van der Waals surface area contributed by atoms with Gasteiger partial charge >= 0.3 is 12.0 Å². The van der Waals surface area contributed by atoms with E-state index < -0.39 is 12.0 Å². The number of hydrogen-bond donors (Lipinski definition) is 2. The topological polar surface area (TPSA) is 97.0 Å². The molecule has 0 saturated heterocycles. The Morgan fingerprint density at radius 2 is 1.85 bits per heavy atom. The second-order valence-electron chi connectivity index (χ2n) is 7.96. The number of unbranched alkanes of at least 4 members (excludes halogenated alkanes) is 1. The monoisotopic (exact) mass is 465 g/mol. The fraction of sp³-hybridized carbons (Fsp3) is 0.346. The summed E-state index contributed by atoms with van der Waals surface area (Å²) in [6.45, 7) is 4.68. The lowest BCUT2D eigenvalue weighted by molar-refractivity contribution is -0.140. The SMILES string of the molecule is CCCCN1C(=O)NC(c2cccc(NC(=O)c3ccccc3)c2)C(C(=O)OCCOC)=C1C. The quantitative estimate of drug-likeness (QED) is 0.404. The van der Waals surface area contributed by atoms with Gasteiger partial charge in [-0.1, -0.05) is 43.7 Å². The number of carbonyl (C=O) groups is 3. The van der Waals surface area contributed by atoms with E-state index in [0.29, 0.717) is 34.6 Å². The van der Waals surface area contributed by atoms with Crippen LogP contribution in [0.3, 0.4) is 0 Å². The molecule has 0 spiro atoms. The van der Waals surface area contributed by atoms with Crippen LogP contribution in [0.4, 0.5) is 10.5 Å². The largest absolute Gasteiger partial charge is 0.460 e. The highest BCUT2D eigenvalue weighted by atomic mass is 16.6. The lowest BCUT2D eigenvalue weighted by atomic mass is 9.94. The van der Waals surface area contributed by atoms with E-state index in [2.05, 4.69) is 10.6 Å². The van der Waals surface area contributed by atoms with Gasteiger partial charge in [0.05, 0.1) is 18.2 Å². The zero-order chi connectivity index (χ0) is 24.5. The zero-order valence-corrected chi connectivity index (χ0v) is 19.8. The average molecular weight is 466 g/mol. The van der Waals surface area contributed by atoms with Gasteiger partial charge in [-0.2, -0.15) is 0 Å². The van der Waals surface area contributed by atoms with Gasteiger partial charge in [0, 0.05) is 30.6 Å². The number of nitrogens with zero attached hydrogens (tertiary/aromatic N) is 1. The number of allylic oxidation sites excluding steroid dienone is 1. The fourth-order valence-corrected chi connectivity index (χ4v) is 3.77. The number of amides is 3. The number of benzene rings is 2. The minimum absolute atomic E-state index is 0.106. The van der Waals surface area contributed by atoms with Gasteiger partial charge in [0.1, 0.15) is 6.61 Å². The molecule has 1 atom stereocenters. The van der Waals surface area contributed by atoms with Crippen LogP contribution in [0, 0.1) is 0 Å². The maximum absolute atomic E-state index is 13.1. The Bertz CT molecular complexity index is 1050. The third-order valence-corrected chi connectivity index (χ3v) is 5.59. The Hall–Kier alpha value is -3.65. The van der Waals surface area contributed by atoms with E-state index in [1.165, 1.54) is 7.11 Å². The third kappa shape index (κ3) is 6.02. The summed E-state index contributed by atoms with van der Waals surface area (Å²) in [5.41, 5.74) is 2.66. The Morgan fingerprint density at radius 3 is 2.56 bits per heavy atom. The Labute approximate surface area is 199 Å². The summed E-state index contributed by atoms with van der Waals surface area (Å²) >= 11 is 0. The standard InChI is InChI=1S/C26H31N3O5/c1-4-5-14-29-18(2)22(25(31)34-16-15-33-3)23(28-26(29)32)20-12-9-13-21(17-20)27-24(30)19-10-7-6-8-11-19/h6-13,17,23H,4-5,14-16H2,1-3H3,(H,27,30)(H,28,32). The number of hydrogen-bond acceptors (Lipinski definition) is 5. The van der Waals surface area contributed by atoms with Crippen molar-refractivity contribution in [2.45, 2.75) is 32.7 Å². The summed E-state index contributed by atoms with van der Waals surface area (Å²) in [5, 5.41) is 5.81. The molecule has 0 saturated carbocycles. The molecule has 2 N–H and O–H groups in total. The van der Waals surface area contributed by atoms with Gasteiger partial charge in [-0.05, 0) is 43.2 Å². The Kier molecular flexibility index (Phi) is 8.81. The number of urea groups is 1. The predicted molar refractivity (Wildman–Crippen MR) is 129 cm³/mol. The van der Waals surface area contributed by atoms with Crippen LogP contribution < -0.4 is 10.6 Å². The van der Waals surface area contributed by atoms with Crippen molar-refractivity contribution in [2.24, 2.45) is 0 Å². The molecular formula is C26H31N3O5. The molecule has 0 aromatic heterocycles. The van der Waals surface area contributed by atoms with Gasteiger partial charge in [-0.3, -0.25) is 9.69 Å². The molecular weight excluding hydrogens is 434 g/mol. The van der Waals surface area contributed by atoms with Crippen LogP contribution in [0.25, 0.3) is 0 Å². The first-order valence-corrected chi connectivity index (χ1v) is 11.4. The molecule has 3 amide bonds. The van der Waals surface area contributed by atoms with Crippen LogP contribution in [-0.2, 0) is 14.3 Å². The molecule has 1 aliphatic heterocycles. The molecule has 0 fully saturated rings. The molecule has 180 valence electrons. The van der Waals surface area contributed by atoms with E-state index in [0.717, 1.165) is 12.8 Å². The van der Waals surface area contributed by atoms with Crippen molar-refractivity contribution < 1.29 is 23.9 Å². The molecule has 3 rings (SSSR count). The van der Waals surface area contributed by atoms with Crippen molar-refractivity contribution in [2.75, 3.05) is 32.2 Å². The highest BCUT2D eigenvalue weighted by molar-refractivity contribution is 6.04. The molecule has 0 bridgehead atoms. The van der Waals surface area contributed by atoms with Crippen molar-refractivity contribution in [3.05, 3.63) is 77.0 Å². The van der Waals surface area contributed by atoms with Crippen LogP contribution in [0.5, 0.6) is 0 Å². The predicted octanol–water partition coefficient (Wildman–Crippen LogP) is 4.27. The second-order valence-corrected chi connectivity index (χ2v) is 7.96. The molecule has 1 heterocycles. The summed E-state index contributed by atoms with van der Waals surface area (Å²) in [4.78, 5) is 40.1. The highest BCUT2D eigenvalue weighted by Crippen LogP contribution is 2.32. The van der Waals surface area contributed by atoms with E-state index in [9.17, 15) is 14.4 Å². The number of nitrogens with one attached hydrogen (secondary N) is 2. The lowest BCUT2D eigenvalue weighted by Gasteiger charge is -2.35. The van der Waals surface area contributed by atoms with E-state index in [1.807, 2.05) is 13.0 Å². The first-order chi connectivity index (χ1) is 16.5. The minimum atomic E-state index is -0.714. The average Bonchev–Trinajstić information content (AvgIpc) is 2.84. The fourth-order valence-electron chi connectivity index (χ4n) is 3.77. The summed E-state index contributed by atoms with van der Waals surface area (Å²) in [7, 11) is 1.53. The molecule has 34 heavy (non-hydrogen) atoms. The highest BCUT2D eigenvalue weighted by Gasteiger charge is 2.36. The Morgan fingerprint density at radius 1 is 1.09 bits per heavy atom. The number of methoxy groups -OCH3 is 1. The Balaban J connectivity index is 1.91. The smallest absolute Gasteiger partial charge is 0.338 e. The van der Waals surface area contributed by atoms with E-state index >= 15 is 0 Å². The molecule has 2 aromatic rings. The maximum Gasteiger partial charge on any atom is 0.338 e. The van der Waals surface area contributed by atoms with Crippen molar-refractivity contribution in [1.82, 2.24) is 10.2 Å². The molecule has 2 aromatic carbocycles. The number of esters is 1. The third-order valence-electron chi connectivity index (χ3n) is 5.59. The number of rotatable bonds is 10. The molecule has 8 nitrogen and oxygen atoms in total. The second kappa shape index (κ2) is 12.0. The van der Waals surface area contributed by atoms with Crippen LogP contribution in [0.2, 0.25) is 0 Å². The van der Waals surface area contributed by atoms with Gasteiger partial charge in [0.15, 0.2) is 0 Å². The minimum Gasteiger partial charge on any atom is -0.460 e. The van der Waals surface area contributed by atoms with Crippen molar-refractivity contribution >= 4 is 23.6 Å². The first-order valence-electron chi connectivity index (χ1n) is 11.4. The summed E-state index contributed by atoms with van der Waals surface area (Å²) < 4.78 is 10.4. The number of carbonyl (C=O) groups excluding carboxylic acids is 3. The summed E-state index contributed by atoms with van der Waals surface area (Å²) in [6.07, 6.45) is 1.72. The van der Waals surface area contributed by atoms with Crippen molar-refractivity contribution in [3.63, 3.8) is 0 Å². The maximum atomic E-state index is 13.1. The van der Waals surface area contributed by atoms with Crippen LogP contribution in [0.1, 0.15) is 48.7 Å². The van der Waals surface area contributed by atoms with Gasteiger partial charge in [-0.25, -0.2) is 9.59 Å². The molecule has 0 aliphatic carbocycles. The number of ether oxygens (including phenoxy) is 2. The van der Waals surface area contributed by atoms with Crippen molar-refractivity contribution in [1.29, 1.82) is 0 Å². The lowest BCUT2D eigenvalue weighted by Crippen LogP contribution is -2.48. The molecule has 1 unspecified atom stereocenters. The number of anilines is 1. The first kappa shape index (κ1) is 25.0. The van der Waals surface area contributed by atoms with Crippen molar-refractivity contribution in [3.8, 4) is 0 Å².